The fourth-order valence-electron chi connectivity index (χ4n) is 2.26. The van der Waals surface area contributed by atoms with E-state index < -0.39 is 0 Å². The van der Waals surface area contributed by atoms with Gasteiger partial charge in [0.05, 0.1) is 16.9 Å². The maximum absolute atomic E-state index is 11.6. The summed E-state index contributed by atoms with van der Waals surface area (Å²) in [6.07, 6.45) is 2.07. The van der Waals surface area contributed by atoms with Crippen LogP contribution in [0.1, 0.15) is 18.7 Å². The molecule has 1 aromatic carbocycles. The number of halogens is 1. The first-order valence-electron chi connectivity index (χ1n) is 6.57. The Hall–Kier alpha value is -1.55. The SMILES string of the molecule is O=C(NCCn1c(CCl)nc2ccccc21)C1CC1. The molecule has 1 heterocycles. The minimum absolute atomic E-state index is 0.178. The number of para-hydroxylation sites is 2. The van der Waals surface area contributed by atoms with E-state index in [9.17, 15) is 4.79 Å². The highest BCUT2D eigenvalue weighted by Gasteiger charge is 2.29. The average Bonchev–Trinajstić information content (AvgIpc) is 3.22. The Bertz CT molecular complexity index is 604. The van der Waals surface area contributed by atoms with Crippen LogP contribution in [0.3, 0.4) is 0 Å². The third-order valence-corrected chi connectivity index (χ3v) is 3.67. The van der Waals surface area contributed by atoms with Crippen LogP contribution in [0, 0.1) is 5.92 Å². The van der Waals surface area contributed by atoms with Crippen molar-refractivity contribution in [3.05, 3.63) is 30.1 Å². The first-order chi connectivity index (χ1) is 9.29. The van der Waals surface area contributed by atoms with Crippen molar-refractivity contribution in [2.45, 2.75) is 25.3 Å². The molecule has 0 saturated heterocycles. The predicted octanol–water partition coefficient (Wildman–Crippen LogP) is 2.30. The van der Waals surface area contributed by atoms with Crippen LogP contribution < -0.4 is 5.32 Å². The molecule has 0 unspecified atom stereocenters. The maximum atomic E-state index is 11.6. The molecule has 0 spiro atoms. The minimum atomic E-state index is 0.178. The van der Waals surface area contributed by atoms with Gasteiger partial charge in [0, 0.05) is 19.0 Å². The normalized spacial score (nSPS) is 14.8. The van der Waals surface area contributed by atoms with E-state index in [-0.39, 0.29) is 11.8 Å². The Kier molecular flexibility index (Phi) is 3.42. The summed E-state index contributed by atoms with van der Waals surface area (Å²) in [5.74, 6) is 1.66. The van der Waals surface area contributed by atoms with E-state index in [1.807, 2.05) is 24.3 Å². The molecule has 2 aromatic rings. The highest BCUT2D eigenvalue weighted by molar-refractivity contribution is 6.16. The first-order valence-corrected chi connectivity index (χ1v) is 7.11. The second-order valence-corrected chi connectivity index (χ2v) is 5.13. The van der Waals surface area contributed by atoms with E-state index in [1.54, 1.807) is 0 Å². The van der Waals surface area contributed by atoms with E-state index in [0.29, 0.717) is 19.0 Å². The van der Waals surface area contributed by atoms with Gasteiger partial charge in [0.25, 0.3) is 0 Å². The lowest BCUT2D eigenvalue weighted by Crippen LogP contribution is -2.28. The standard InChI is InChI=1S/C14H16ClN3O/c15-9-13-17-11-3-1-2-4-12(11)18(13)8-7-16-14(19)10-5-6-10/h1-4,10H,5-9H2,(H,16,19). The largest absolute Gasteiger partial charge is 0.354 e. The van der Waals surface area contributed by atoms with Crippen LogP contribution >= 0.6 is 11.6 Å². The second kappa shape index (κ2) is 5.21. The van der Waals surface area contributed by atoms with Gasteiger partial charge in [-0.1, -0.05) is 12.1 Å². The molecule has 0 atom stereocenters. The monoisotopic (exact) mass is 277 g/mol. The average molecular weight is 278 g/mol. The zero-order valence-electron chi connectivity index (χ0n) is 10.6. The number of rotatable bonds is 5. The summed E-state index contributed by atoms with van der Waals surface area (Å²) in [7, 11) is 0. The Labute approximate surface area is 116 Å². The molecule has 1 aliphatic carbocycles. The van der Waals surface area contributed by atoms with Gasteiger partial charge in [-0.3, -0.25) is 4.79 Å². The Morgan fingerprint density at radius 3 is 2.95 bits per heavy atom. The number of hydrogen-bond donors (Lipinski definition) is 1. The van der Waals surface area contributed by atoms with E-state index in [0.717, 1.165) is 29.7 Å². The topological polar surface area (TPSA) is 46.9 Å². The Balaban J connectivity index is 1.73. The summed E-state index contributed by atoms with van der Waals surface area (Å²) in [5.41, 5.74) is 2.02. The summed E-state index contributed by atoms with van der Waals surface area (Å²) in [6.45, 7) is 1.33. The van der Waals surface area contributed by atoms with E-state index in [4.69, 9.17) is 11.6 Å². The number of nitrogens with one attached hydrogen (secondary N) is 1. The molecule has 0 aliphatic heterocycles. The molecule has 1 aliphatic rings. The van der Waals surface area contributed by atoms with Crippen molar-refractivity contribution in [1.82, 2.24) is 14.9 Å². The lowest BCUT2D eigenvalue weighted by molar-refractivity contribution is -0.122. The van der Waals surface area contributed by atoms with Crippen LogP contribution in [0.4, 0.5) is 0 Å². The van der Waals surface area contributed by atoms with Gasteiger partial charge in [0.15, 0.2) is 0 Å². The molecule has 3 rings (SSSR count). The zero-order chi connectivity index (χ0) is 13.2. The number of aromatic nitrogens is 2. The number of carbonyl (C=O) groups is 1. The molecule has 19 heavy (non-hydrogen) atoms. The molecule has 0 bridgehead atoms. The number of alkyl halides is 1. The summed E-state index contributed by atoms with van der Waals surface area (Å²) >= 11 is 5.93. The van der Waals surface area contributed by atoms with Crippen molar-refractivity contribution in [3.8, 4) is 0 Å². The molecule has 5 heteroatoms. The van der Waals surface area contributed by atoms with Crippen LogP contribution in [0.25, 0.3) is 11.0 Å². The van der Waals surface area contributed by atoms with Gasteiger partial charge in [-0.2, -0.15) is 0 Å². The fourth-order valence-corrected chi connectivity index (χ4v) is 2.46. The maximum Gasteiger partial charge on any atom is 0.223 e. The number of nitrogens with zero attached hydrogens (tertiary/aromatic N) is 2. The number of carbonyl (C=O) groups excluding carboxylic acids is 1. The zero-order valence-corrected chi connectivity index (χ0v) is 11.4. The smallest absolute Gasteiger partial charge is 0.223 e. The van der Waals surface area contributed by atoms with Gasteiger partial charge in [-0.25, -0.2) is 4.98 Å². The molecule has 4 nitrogen and oxygen atoms in total. The third-order valence-electron chi connectivity index (χ3n) is 3.44. The van der Waals surface area contributed by atoms with Crippen LogP contribution in [-0.2, 0) is 17.2 Å². The van der Waals surface area contributed by atoms with Gasteiger partial charge in [0.1, 0.15) is 5.82 Å². The molecule has 1 fully saturated rings. The third kappa shape index (κ3) is 2.59. The van der Waals surface area contributed by atoms with Crippen LogP contribution in [0.5, 0.6) is 0 Å². The first kappa shape index (κ1) is 12.5. The number of amides is 1. The molecular formula is C14H16ClN3O. The molecule has 1 amide bonds. The van der Waals surface area contributed by atoms with Crippen molar-refractivity contribution >= 4 is 28.5 Å². The fraction of sp³-hybridized carbons (Fsp3) is 0.429. The molecule has 1 N–H and O–H groups in total. The molecule has 1 saturated carbocycles. The number of imidazole rings is 1. The second-order valence-electron chi connectivity index (χ2n) is 4.87. The molecular weight excluding hydrogens is 262 g/mol. The molecule has 100 valence electrons. The minimum Gasteiger partial charge on any atom is -0.354 e. The lowest BCUT2D eigenvalue weighted by Gasteiger charge is -2.08. The van der Waals surface area contributed by atoms with Gasteiger partial charge >= 0.3 is 0 Å². The highest BCUT2D eigenvalue weighted by atomic mass is 35.5. The van der Waals surface area contributed by atoms with Crippen LogP contribution in [0.15, 0.2) is 24.3 Å². The number of fused-ring (bicyclic) bond motifs is 1. The number of benzene rings is 1. The van der Waals surface area contributed by atoms with Crippen LogP contribution in [-0.4, -0.2) is 22.0 Å². The van der Waals surface area contributed by atoms with Gasteiger partial charge < -0.3 is 9.88 Å². The summed E-state index contributed by atoms with van der Waals surface area (Å²) in [4.78, 5) is 16.1. The van der Waals surface area contributed by atoms with E-state index in [1.165, 1.54) is 0 Å². The van der Waals surface area contributed by atoms with Crippen molar-refractivity contribution in [3.63, 3.8) is 0 Å². The Morgan fingerprint density at radius 1 is 1.42 bits per heavy atom. The van der Waals surface area contributed by atoms with E-state index >= 15 is 0 Å². The van der Waals surface area contributed by atoms with Gasteiger partial charge in [-0.15, -0.1) is 11.6 Å². The van der Waals surface area contributed by atoms with E-state index in [2.05, 4.69) is 14.9 Å². The highest BCUT2D eigenvalue weighted by Crippen LogP contribution is 2.28. The quantitative estimate of drug-likeness (QED) is 0.853. The molecule has 1 aromatic heterocycles. The summed E-state index contributed by atoms with van der Waals surface area (Å²) in [5, 5.41) is 2.97. The molecule has 0 radical (unpaired) electrons. The van der Waals surface area contributed by atoms with Crippen molar-refractivity contribution in [2.75, 3.05) is 6.54 Å². The Morgan fingerprint density at radius 2 is 2.21 bits per heavy atom. The summed E-state index contributed by atoms with van der Waals surface area (Å²) in [6, 6.07) is 7.96. The lowest BCUT2D eigenvalue weighted by atomic mass is 10.3. The summed E-state index contributed by atoms with van der Waals surface area (Å²) < 4.78 is 2.08. The van der Waals surface area contributed by atoms with Gasteiger partial charge in [-0.05, 0) is 25.0 Å². The van der Waals surface area contributed by atoms with Crippen molar-refractivity contribution in [2.24, 2.45) is 5.92 Å². The number of hydrogen-bond acceptors (Lipinski definition) is 2. The predicted molar refractivity (Wildman–Crippen MR) is 75.0 cm³/mol. The van der Waals surface area contributed by atoms with Gasteiger partial charge in [0.2, 0.25) is 5.91 Å². The van der Waals surface area contributed by atoms with Crippen molar-refractivity contribution < 1.29 is 4.79 Å². The van der Waals surface area contributed by atoms with Crippen molar-refractivity contribution in [1.29, 1.82) is 0 Å². The van der Waals surface area contributed by atoms with Crippen LogP contribution in [0.2, 0.25) is 0 Å².